The van der Waals surface area contributed by atoms with Crippen molar-refractivity contribution in [2.24, 2.45) is 0 Å². The fraction of sp³-hybridized carbons (Fsp3) is 0.500. The van der Waals surface area contributed by atoms with Gasteiger partial charge in [0.1, 0.15) is 4.90 Å². The van der Waals surface area contributed by atoms with E-state index in [4.69, 9.17) is 16.3 Å². The normalized spacial score (nSPS) is 21.8. The number of para-hydroxylation sites is 1. The highest BCUT2D eigenvalue weighted by Crippen LogP contribution is 2.31. The lowest BCUT2D eigenvalue weighted by Gasteiger charge is -2.29. The molecule has 0 aromatic heterocycles. The smallest absolute Gasteiger partial charge is 0.308 e. The van der Waals surface area contributed by atoms with Gasteiger partial charge in [-0.3, -0.25) is 4.79 Å². The first kappa shape index (κ1) is 18.0. The van der Waals surface area contributed by atoms with Crippen molar-refractivity contribution < 1.29 is 27.8 Å². The molecule has 0 spiro atoms. The van der Waals surface area contributed by atoms with Crippen LogP contribution in [-0.2, 0) is 24.3 Å². The van der Waals surface area contributed by atoms with Crippen LogP contribution >= 0.6 is 11.6 Å². The molecule has 0 aliphatic carbocycles. The van der Waals surface area contributed by atoms with Gasteiger partial charge in [-0.25, -0.2) is 13.1 Å². The molecule has 9 heteroatoms. The van der Waals surface area contributed by atoms with Crippen LogP contribution in [0.2, 0.25) is 5.02 Å². The predicted octanol–water partition coefficient (Wildman–Crippen LogP) is 1.43. The average Bonchev–Trinajstić information content (AvgIpc) is 2.49. The van der Waals surface area contributed by atoms with E-state index in [1.54, 1.807) is 0 Å². The van der Waals surface area contributed by atoms with Crippen molar-refractivity contribution in [2.75, 3.05) is 13.7 Å². The van der Waals surface area contributed by atoms with Gasteiger partial charge in [0.2, 0.25) is 10.0 Å². The van der Waals surface area contributed by atoms with Crippen molar-refractivity contribution in [2.45, 2.75) is 36.3 Å². The van der Waals surface area contributed by atoms with E-state index in [2.05, 4.69) is 9.46 Å². The summed E-state index contributed by atoms with van der Waals surface area (Å²) in [5.41, 5.74) is 0. The van der Waals surface area contributed by atoms with E-state index >= 15 is 0 Å². The van der Waals surface area contributed by atoms with Crippen molar-refractivity contribution >= 4 is 27.6 Å². The molecule has 1 aliphatic heterocycles. The second-order valence-corrected chi connectivity index (χ2v) is 7.29. The summed E-state index contributed by atoms with van der Waals surface area (Å²) in [6.07, 6.45) is 0.474. The lowest BCUT2D eigenvalue weighted by Crippen LogP contribution is -2.42. The summed E-state index contributed by atoms with van der Waals surface area (Å²) in [5.74, 6) is -0.897. The summed E-state index contributed by atoms with van der Waals surface area (Å²) in [4.78, 5) is 11.0. The number of carbonyl (C=O) groups is 1. The number of carbonyl (C=O) groups excluding carboxylic acids is 1. The number of rotatable bonds is 5. The summed E-state index contributed by atoms with van der Waals surface area (Å²) in [6.45, 7) is 0.330. The third kappa shape index (κ3) is 4.57. The third-order valence-electron chi connectivity index (χ3n) is 3.55. The zero-order valence-corrected chi connectivity index (χ0v) is 14.1. The third-order valence-corrected chi connectivity index (χ3v) is 5.41. The Hall–Kier alpha value is -1.35. The van der Waals surface area contributed by atoms with Gasteiger partial charge in [-0.15, -0.1) is 0 Å². The number of methoxy groups -OCH3 is 1. The molecule has 1 fully saturated rings. The number of sulfonamides is 1. The number of esters is 1. The second-order valence-electron chi connectivity index (χ2n) is 5.20. The molecule has 2 atom stereocenters. The topological polar surface area (TPSA) is 102 Å². The highest BCUT2D eigenvalue weighted by atomic mass is 35.5. The van der Waals surface area contributed by atoms with Gasteiger partial charge in [-0.2, -0.15) is 0 Å². The van der Waals surface area contributed by atoms with Crippen LogP contribution in [0.25, 0.3) is 0 Å². The SMILES string of the molecule is COC(=O)CC1CC(NS(=O)(=O)c2cccc(Cl)c2O)CCO1. The van der Waals surface area contributed by atoms with Gasteiger partial charge in [-0.05, 0) is 25.0 Å². The van der Waals surface area contributed by atoms with E-state index < -0.39 is 33.9 Å². The van der Waals surface area contributed by atoms with Crippen molar-refractivity contribution in [3.63, 3.8) is 0 Å². The molecule has 0 saturated carbocycles. The quantitative estimate of drug-likeness (QED) is 0.767. The minimum absolute atomic E-state index is 0.0385. The molecule has 1 aromatic rings. The Morgan fingerprint density at radius 3 is 2.96 bits per heavy atom. The van der Waals surface area contributed by atoms with Gasteiger partial charge in [0, 0.05) is 12.6 Å². The summed E-state index contributed by atoms with van der Waals surface area (Å²) >= 11 is 5.75. The van der Waals surface area contributed by atoms with Gasteiger partial charge < -0.3 is 14.6 Å². The Kier molecular flexibility index (Phi) is 5.85. The highest BCUT2D eigenvalue weighted by molar-refractivity contribution is 7.89. The predicted molar refractivity (Wildman–Crippen MR) is 82.8 cm³/mol. The molecule has 1 saturated heterocycles. The van der Waals surface area contributed by atoms with Crippen LogP contribution in [-0.4, -0.2) is 45.4 Å². The van der Waals surface area contributed by atoms with Gasteiger partial charge in [0.15, 0.2) is 5.75 Å². The van der Waals surface area contributed by atoms with Gasteiger partial charge >= 0.3 is 5.97 Å². The summed E-state index contributed by atoms with van der Waals surface area (Å²) in [5, 5.41) is 9.79. The van der Waals surface area contributed by atoms with Crippen LogP contribution in [0.1, 0.15) is 19.3 Å². The molecule has 128 valence electrons. The molecule has 1 aliphatic rings. The van der Waals surface area contributed by atoms with Crippen LogP contribution in [0.5, 0.6) is 5.75 Å². The van der Waals surface area contributed by atoms with Gasteiger partial charge in [0.05, 0.1) is 24.7 Å². The zero-order chi connectivity index (χ0) is 17.0. The maximum Gasteiger partial charge on any atom is 0.308 e. The summed E-state index contributed by atoms with van der Waals surface area (Å²) < 4.78 is 37.3. The van der Waals surface area contributed by atoms with E-state index in [0.717, 1.165) is 0 Å². The summed E-state index contributed by atoms with van der Waals surface area (Å²) in [6, 6.07) is 3.72. The van der Waals surface area contributed by atoms with E-state index in [9.17, 15) is 18.3 Å². The minimum atomic E-state index is -3.93. The van der Waals surface area contributed by atoms with Crippen LogP contribution in [0.15, 0.2) is 23.1 Å². The first-order valence-electron chi connectivity index (χ1n) is 7.01. The van der Waals surface area contributed by atoms with Gasteiger partial charge in [-0.1, -0.05) is 17.7 Å². The lowest BCUT2D eigenvalue weighted by atomic mass is 10.0. The van der Waals surface area contributed by atoms with Crippen LogP contribution in [0.4, 0.5) is 0 Å². The second kappa shape index (κ2) is 7.48. The van der Waals surface area contributed by atoms with Crippen molar-refractivity contribution in [1.82, 2.24) is 4.72 Å². The van der Waals surface area contributed by atoms with Crippen LogP contribution in [0.3, 0.4) is 0 Å². The zero-order valence-electron chi connectivity index (χ0n) is 12.5. The number of phenolic OH excluding ortho intramolecular Hbond substituents is 1. The molecule has 1 heterocycles. The average molecular weight is 364 g/mol. The van der Waals surface area contributed by atoms with Crippen molar-refractivity contribution in [1.29, 1.82) is 0 Å². The molecule has 0 bridgehead atoms. The molecular weight excluding hydrogens is 346 g/mol. The Labute approximate surface area is 139 Å². The molecule has 7 nitrogen and oxygen atoms in total. The maximum atomic E-state index is 12.4. The maximum absolute atomic E-state index is 12.4. The Bertz CT molecular complexity index is 678. The number of phenols is 1. The largest absolute Gasteiger partial charge is 0.505 e. The molecule has 0 radical (unpaired) electrons. The van der Waals surface area contributed by atoms with E-state index in [-0.39, 0.29) is 16.3 Å². The Morgan fingerprint density at radius 1 is 1.52 bits per heavy atom. The van der Waals surface area contributed by atoms with Crippen molar-refractivity contribution in [3.05, 3.63) is 23.2 Å². The fourth-order valence-electron chi connectivity index (χ4n) is 2.39. The Morgan fingerprint density at radius 2 is 2.26 bits per heavy atom. The lowest BCUT2D eigenvalue weighted by molar-refractivity contribution is -0.144. The standard InChI is InChI=1S/C14H18ClNO6S/c1-21-13(17)8-10-7-9(5-6-22-10)16-23(19,20)12-4-2-3-11(15)14(12)18/h2-4,9-10,16,18H,5-8H2,1H3. The summed E-state index contributed by atoms with van der Waals surface area (Å²) in [7, 11) is -2.64. The van der Waals surface area contributed by atoms with Crippen LogP contribution in [0, 0.1) is 0 Å². The number of aromatic hydroxyl groups is 1. The number of hydrogen-bond acceptors (Lipinski definition) is 6. The molecule has 23 heavy (non-hydrogen) atoms. The van der Waals surface area contributed by atoms with E-state index in [0.29, 0.717) is 19.4 Å². The van der Waals surface area contributed by atoms with Crippen LogP contribution < -0.4 is 4.72 Å². The molecule has 0 amide bonds. The molecule has 2 rings (SSSR count). The highest BCUT2D eigenvalue weighted by Gasteiger charge is 2.30. The molecule has 2 unspecified atom stereocenters. The van der Waals surface area contributed by atoms with E-state index in [1.807, 2.05) is 0 Å². The van der Waals surface area contributed by atoms with E-state index in [1.165, 1.54) is 25.3 Å². The fourth-order valence-corrected chi connectivity index (χ4v) is 4.03. The monoisotopic (exact) mass is 363 g/mol. The molecular formula is C14H18ClNO6S. The van der Waals surface area contributed by atoms with Gasteiger partial charge in [0.25, 0.3) is 0 Å². The number of halogens is 1. The van der Waals surface area contributed by atoms with Crippen molar-refractivity contribution in [3.8, 4) is 5.75 Å². The first-order chi connectivity index (χ1) is 10.8. The number of nitrogens with one attached hydrogen (secondary N) is 1. The Balaban J connectivity index is 2.08. The number of hydrogen-bond donors (Lipinski definition) is 2. The molecule has 1 aromatic carbocycles. The minimum Gasteiger partial charge on any atom is -0.505 e. The number of ether oxygens (including phenoxy) is 2. The molecule has 2 N–H and O–H groups in total. The number of benzene rings is 1. The first-order valence-corrected chi connectivity index (χ1v) is 8.88.